The van der Waals surface area contributed by atoms with E-state index in [2.05, 4.69) is 9.88 Å². The Bertz CT molecular complexity index is 1110. The van der Waals surface area contributed by atoms with Gasteiger partial charge in [-0.1, -0.05) is 0 Å². The first-order valence-corrected chi connectivity index (χ1v) is 11.3. The Morgan fingerprint density at radius 3 is 2.55 bits per heavy atom. The third-order valence-electron chi connectivity index (χ3n) is 6.02. The molecule has 0 bridgehead atoms. The van der Waals surface area contributed by atoms with Crippen LogP contribution in [0.1, 0.15) is 18.4 Å². The first-order chi connectivity index (χ1) is 16.2. The van der Waals surface area contributed by atoms with Crippen LogP contribution >= 0.6 is 0 Å². The molecule has 0 saturated carbocycles. The number of anilines is 1. The predicted octanol–water partition coefficient (Wildman–Crippen LogP) is 2.59. The van der Waals surface area contributed by atoms with Gasteiger partial charge in [0.1, 0.15) is 17.7 Å². The average molecular weight is 453 g/mol. The Kier molecular flexibility index (Phi) is 6.52. The second-order valence-corrected chi connectivity index (χ2v) is 8.11. The van der Waals surface area contributed by atoms with E-state index < -0.39 is 0 Å². The number of aliphatic hydroxyl groups excluding tert-OH is 1. The van der Waals surface area contributed by atoms with Gasteiger partial charge in [-0.2, -0.15) is 9.97 Å². The topological polar surface area (TPSA) is 99.1 Å². The molecule has 1 N–H and O–H groups in total. The van der Waals surface area contributed by atoms with Crippen molar-refractivity contribution in [2.24, 2.45) is 0 Å². The largest absolute Gasteiger partial charge is 0.496 e. The third kappa shape index (κ3) is 4.71. The van der Waals surface area contributed by atoms with Crippen molar-refractivity contribution in [3.8, 4) is 23.0 Å². The van der Waals surface area contributed by atoms with Gasteiger partial charge in [-0.25, -0.2) is 4.98 Å². The van der Waals surface area contributed by atoms with Crippen LogP contribution in [0, 0.1) is 0 Å². The Morgan fingerprint density at radius 1 is 1.00 bits per heavy atom. The molecule has 2 aromatic heterocycles. The van der Waals surface area contributed by atoms with Gasteiger partial charge in [-0.3, -0.25) is 0 Å². The summed E-state index contributed by atoms with van der Waals surface area (Å²) < 4.78 is 22.5. The van der Waals surface area contributed by atoms with Crippen LogP contribution in [0.2, 0.25) is 0 Å². The van der Waals surface area contributed by atoms with E-state index in [9.17, 15) is 5.11 Å². The summed E-state index contributed by atoms with van der Waals surface area (Å²) in [6, 6.07) is 9.95. The minimum Gasteiger partial charge on any atom is -0.496 e. The number of nitrogens with zero attached hydrogens (tertiary/aromatic N) is 4. The molecule has 5 rings (SSSR count). The predicted molar refractivity (Wildman–Crippen MR) is 123 cm³/mol. The number of methoxy groups -OCH3 is 1. The zero-order chi connectivity index (χ0) is 22.6. The number of morpholine rings is 1. The molecule has 174 valence electrons. The number of aromatic nitrogens is 3. The fraction of sp³-hybridized carbons (Fsp3) is 0.458. The number of rotatable bonds is 6. The second-order valence-electron chi connectivity index (χ2n) is 8.11. The van der Waals surface area contributed by atoms with E-state index >= 15 is 0 Å². The molecule has 0 aliphatic carbocycles. The summed E-state index contributed by atoms with van der Waals surface area (Å²) in [4.78, 5) is 16.5. The quantitative estimate of drug-likeness (QED) is 0.605. The van der Waals surface area contributed by atoms with Gasteiger partial charge in [0, 0.05) is 37.1 Å². The number of fused-ring (bicyclic) bond motifs is 1. The van der Waals surface area contributed by atoms with Crippen LogP contribution in [0.3, 0.4) is 0 Å². The standard InChI is InChI=1S/C24H28N4O5/c1-30-21-5-2-16(14-17(21)15-29)20-4-3-19-22(25-20)26-24(33-18-6-10-31-11-7-18)27-23(19)28-8-12-32-13-9-28/h2-5,14,18,29H,6-13,15H2,1H3. The van der Waals surface area contributed by atoms with E-state index in [0.29, 0.717) is 49.4 Å². The molecule has 2 saturated heterocycles. The summed E-state index contributed by atoms with van der Waals surface area (Å²) in [5, 5.41) is 10.6. The van der Waals surface area contributed by atoms with Gasteiger partial charge in [0.25, 0.3) is 0 Å². The fourth-order valence-electron chi connectivity index (χ4n) is 4.21. The number of hydrogen-bond donors (Lipinski definition) is 1. The molecule has 2 aliphatic heterocycles. The van der Waals surface area contributed by atoms with Gasteiger partial charge < -0.3 is 29.0 Å². The summed E-state index contributed by atoms with van der Waals surface area (Å²) in [6.45, 7) is 4.07. The lowest BCUT2D eigenvalue weighted by atomic mass is 10.1. The van der Waals surface area contributed by atoms with Crippen molar-refractivity contribution in [3.05, 3.63) is 35.9 Å². The van der Waals surface area contributed by atoms with Crippen molar-refractivity contribution >= 4 is 16.9 Å². The van der Waals surface area contributed by atoms with E-state index in [1.54, 1.807) is 7.11 Å². The number of hydrogen-bond acceptors (Lipinski definition) is 9. The molecule has 0 amide bonds. The number of benzene rings is 1. The van der Waals surface area contributed by atoms with Crippen LogP contribution in [-0.4, -0.2) is 72.8 Å². The summed E-state index contributed by atoms with van der Waals surface area (Å²) in [7, 11) is 1.59. The van der Waals surface area contributed by atoms with Gasteiger partial charge in [0.2, 0.25) is 0 Å². The van der Waals surface area contributed by atoms with Crippen LogP contribution in [0.25, 0.3) is 22.3 Å². The summed E-state index contributed by atoms with van der Waals surface area (Å²) >= 11 is 0. The molecule has 9 nitrogen and oxygen atoms in total. The third-order valence-corrected chi connectivity index (χ3v) is 6.02. The van der Waals surface area contributed by atoms with Crippen molar-refractivity contribution in [3.63, 3.8) is 0 Å². The van der Waals surface area contributed by atoms with Gasteiger partial charge in [0.05, 0.1) is 51.2 Å². The molecule has 0 spiro atoms. The molecule has 3 aromatic rings. The smallest absolute Gasteiger partial charge is 0.320 e. The highest BCUT2D eigenvalue weighted by Crippen LogP contribution is 2.31. The summed E-state index contributed by atoms with van der Waals surface area (Å²) in [5.74, 6) is 1.46. The minimum absolute atomic E-state index is 0.0330. The van der Waals surface area contributed by atoms with E-state index in [-0.39, 0.29) is 12.7 Å². The monoisotopic (exact) mass is 452 g/mol. The van der Waals surface area contributed by atoms with Crippen molar-refractivity contribution in [1.82, 2.24) is 15.0 Å². The highest BCUT2D eigenvalue weighted by Gasteiger charge is 2.22. The lowest BCUT2D eigenvalue weighted by Gasteiger charge is -2.29. The van der Waals surface area contributed by atoms with E-state index in [4.69, 9.17) is 28.9 Å². The van der Waals surface area contributed by atoms with Crippen molar-refractivity contribution in [2.75, 3.05) is 51.5 Å². The first kappa shape index (κ1) is 21.8. The minimum atomic E-state index is -0.114. The lowest BCUT2D eigenvalue weighted by molar-refractivity contribution is 0.0218. The summed E-state index contributed by atoms with van der Waals surface area (Å²) in [5.41, 5.74) is 2.91. The molecule has 2 fully saturated rings. The van der Waals surface area contributed by atoms with E-state index in [0.717, 1.165) is 48.4 Å². The zero-order valence-corrected chi connectivity index (χ0v) is 18.7. The zero-order valence-electron chi connectivity index (χ0n) is 18.7. The first-order valence-electron chi connectivity index (χ1n) is 11.3. The van der Waals surface area contributed by atoms with Crippen molar-refractivity contribution in [2.45, 2.75) is 25.6 Å². The highest BCUT2D eigenvalue weighted by atomic mass is 16.5. The van der Waals surface area contributed by atoms with Crippen molar-refractivity contribution < 1.29 is 24.1 Å². The van der Waals surface area contributed by atoms with Gasteiger partial charge >= 0.3 is 6.01 Å². The molecular formula is C24H28N4O5. The van der Waals surface area contributed by atoms with Crippen molar-refractivity contribution in [1.29, 1.82) is 0 Å². The Morgan fingerprint density at radius 2 is 1.79 bits per heavy atom. The SMILES string of the molecule is COc1ccc(-c2ccc3c(N4CCOCC4)nc(OC4CCOCC4)nc3n2)cc1CO. The molecule has 1 aromatic carbocycles. The number of ether oxygens (including phenoxy) is 4. The Hall–Kier alpha value is -3.01. The van der Waals surface area contributed by atoms with E-state index in [1.807, 2.05) is 30.3 Å². The van der Waals surface area contributed by atoms with Gasteiger partial charge in [0.15, 0.2) is 5.65 Å². The normalized spacial score (nSPS) is 17.3. The Balaban J connectivity index is 1.55. The molecule has 33 heavy (non-hydrogen) atoms. The molecular weight excluding hydrogens is 424 g/mol. The van der Waals surface area contributed by atoms with Crippen LogP contribution in [0.15, 0.2) is 30.3 Å². The molecule has 0 unspecified atom stereocenters. The van der Waals surface area contributed by atoms with Crippen LogP contribution in [-0.2, 0) is 16.1 Å². The molecule has 0 radical (unpaired) electrons. The van der Waals surface area contributed by atoms with Crippen LogP contribution in [0.4, 0.5) is 5.82 Å². The number of aliphatic hydroxyl groups is 1. The second kappa shape index (κ2) is 9.86. The van der Waals surface area contributed by atoms with Crippen LogP contribution < -0.4 is 14.4 Å². The van der Waals surface area contributed by atoms with E-state index in [1.165, 1.54) is 0 Å². The fourth-order valence-corrected chi connectivity index (χ4v) is 4.21. The maximum Gasteiger partial charge on any atom is 0.320 e. The molecule has 0 atom stereocenters. The van der Waals surface area contributed by atoms with Gasteiger partial charge in [-0.05, 0) is 30.3 Å². The van der Waals surface area contributed by atoms with Gasteiger partial charge in [-0.15, -0.1) is 0 Å². The molecule has 4 heterocycles. The highest BCUT2D eigenvalue weighted by molar-refractivity contribution is 5.89. The Labute approximate surface area is 192 Å². The maximum atomic E-state index is 9.70. The average Bonchev–Trinajstić information content (AvgIpc) is 2.88. The number of pyridine rings is 1. The lowest BCUT2D eigenvalue weighted by Crippen LogP contribution is -2.37. The molecule has 9 heteroatoms. The summed E-state index contributed by atoms with van der Waals surface area (Å²) in [6.07, 6.45) is 1.67. The molecule has 2 aliphatic rings. The van der Waals surface area contributed by atoms with Crippen LogP contribution in [0.5, 0.6) is 11.8 Å². The maximum absolute atomic E-state index is 9.70.